The van der Waals surface area contributed by atoms with Crippen LogP contribution in [0.2, 0.25) is 0 Å². The zero-order valence-electron chi connectivity index (χ0n) is 11.6. The van der Waals surface area contributed by atoms with E-state index in [1.54, 1.807) is 17.5 Å². The molecular formula is C17H12N4S. The third-order valence-electron chi connectivity index (χ3n) is 3.35. The number of hydrogen-bond acceptors (Lipinski definition) is 5. The standard InChI is InChI=1S/C17H12N4S/c1-2-7-14-13(6-1)16(12-5-3-9-18-11-12)20-21-17(19-14)15-8-4-10-22-15/h1-11H,(H,19,21). The molecule has 0 unspecified atom stereocenters. The lowest BCUT2D eigenvalue weighted by atomic mass is 10.0. The summed E-state index contributed by atoms with van der Waals surface area (Å²) in [6.45, 7) is 0. The molecule has 2 aromatic heterocycles. The molecule has 1 aliphatic heterocycles. The van der Waals surface area contributed by atoms with E-state index in [4.69, 9.17) is 4.99 Å². The highest BCUT2D eigenvalue weighted by molar-refractivity contribution is 7.12. The van der Waals surface area contributed by atoms with Crippen LogP contribution >= 0.6 is 11.3 Å². The highest BCUT2D eigenvalue weighted by Gasteiger charge is 2.16. The molecule has 0 atom stereocenters. The van der Waals surface area contributed by atoms with Gasteiger partial charge in [-0.25, -0.2) is 4.99 Å². The van der Waals surface area contributed by atoms with Crippen LogP contribution in [0.4, 0.5) is 5.69 Å². The van der Waals surface area contributed by atoms with Crippen molar-refractivity contribution in [3.8, 4) is 0 Å². The number of benzene rings is 1. The van der Waals surface area contributed by atoms with Gasteiger partial charge in [-0.2, -0.15) is 5.10 Å². The molecule has 1 aromatic carbocycles. The van der Waals surface area contributed by atoms with E-state index in [0.717, 1.165) is 33.2 Å². The molecule has 3 heterocycles. The van der Waals surface area contributed by atoms with Crippen molar-refractivity contribution < 1.29 is 0 Å². The van der Waals surface area contributed by atoms with Crippen LogP contribution in [0.5, 0.6) is 0 Å². The Bertz CT molecular complexity index is 851. The largest absolute Gasteiger partial charge is 0.264 e. The number of nitrogens with zero attached hydrogens (tertiary/aromatic N) is 3. The van der Waals surface area contributed by atoms with E-state index >= 15 is 0 Å². The Morgan fingerprint density at radius 3 is 2.73 bits per heavy atom. The monoisotopic (exact) mass is 304 g/mol. The Hall–Kier alpha value is -2.79. The normalized spacial score (nSPS) is 13.5. The summed E-state index contributed by atoms with van der Waals surface area (Å²) in [5.41, 5.74) is 6.81. The average molecular weight is 304 g/mol. The van der Waals surface area contributed by atoms with Gasteiger partial charge in [0.05, 0.1) is 10.6 Å². The molecule has 106 valence electrons. The number of rotatable bonds is 2. The van der Waals surface area contributed by atoms with E-state index in [1.807, 2.05) is 60.1 Å². The summed E-state index contributed by atoms with van der Waals surface area (Å²) in [5, 5.41) is 6.60. The number of hydrogen-bond donors (Lipinski definition) is 1. The zero-order valence-corrected chi connectivity index (χ0v) is 12.4. The molecule has 5 heteroatoms. The Labute approximate surface area is 131 Å². The van der Waals surface area contributed by atoms with Crippen molar-refractivity contribution in [1.82, 2.24) is 10.4 Å². The highest BCUT2D eigenvalue weighted by atomic mass is 32.1. The molecule has 0 bridgehead atoms. The predicted molar refractivity (Wildman–Crippen MR) is 90.0 cm³/mol. The van der Waals surface area contributed by atoms with Crippen LogP contribution in [0.15, 0.2) is 76.4 Å². The number of aliphatic imine (C=N–C) groups is 1. The topological polar surface area (TPSA) is 49.6 Å². The van der Waals surface area contributed by atoms with Crippen molar-refractivity contribution in [3.63, 3.8) is 0 Å². The number of hydrazone groups is 1. The lowest BCUT2D eigenvalue weighted by molar-refractivity contribution is 1.03. The van der Waals surface area contributed by atoms with Gasteiger partial charge in [0.25, 0.3) is 0 Å². The van der Waals surface area contributed by atoms with Crippen LogP contribution in [0.3, 0.4) is 0 Å². The summed E-state index contributed by atoms with van der Waals surface area (Å²) in [6, 6.07) is 16.0. The average Bonchev–Trinajstić information content (AvgIpc) is 3.04. The molecule has 0 spiro atoms. The summed E-state index contributed by atoms with van der Waals surface area (Å²) < 4.78 is 0. The van der Waals surface area contributed by atoms with Gasteiger partial charge < -0.3 is 0 Å². The number of fused-ring (bicyclic) bond motifs is 1. The van der Waals surface area contributed by atoms with Gasteiger partial charge in [-0.3, -0.25) is 10.4 Å². The van der Waals surface area contributed by atoms with E-state index in [2.05, 4.69) is 15.5 Å². The minimum Gasteiger partial charge on any atom is -0.264 e. The molecule has 0 saturated carbocycles. The van der Waals surface area contributed by atoms with E-state index in [9.17, 15) is 0 Å². The van der Waals surface area contributed by atoms with Gasteiger partial charge in [0.2, 0.25) is 0 Å². The zero-order chi connectivity index (χ0) is 14.8. The van der Waals surface area contributed by atoms with Crippen LogP contribution in [0.1, 0.15) is 16.0 Å². The van der Waals surface area contributed by atoms with Crippen molar-refractivity contribution in [1.29, 1.82) is 0 Å². The quantitative estimate of drug-likeness (QED) is 0.786. The Kier molecular flexibility index (Phi) is 3.25. The first-order valence-corrected chi connectivity index (χ1v) is 7.76. The first-order chi connectivity index (χ1) is 10.9. The van der Waals surface area contributed by atoms with Crippen molar-refractivity contribution in [2.24, 2.45) is 10.1 Å². The van der Waals surface area contributed by atoms with Gasteiger partial charge in [-0.15, -0.1) is 11.3 Å². The van der Waals surface area contributed by atoms with Crippen LogP contribution in [0, 0.1) is 0 Å². The minimum atomic E-state index is 0.765. The smallest absolute Gasteiger partial charge is 0.164 e. The molecule has 3 aromatic rings. The van der Waals surface area contributed by atoms with Gasteiger partial charge in [-0.1, -0.05) is 24.3 Å². The van der Waals surface area contributed by atoms with E-state index in [0.29, 0.717) is 0 Å². The van der Waals surface area contributed by atoms with Gasteiger partial charge in [0, 0.05) is 23.5 Å². The molecule has 4 nitrogen and oxygen atoms in total. The van der Waals surface area contributed by atoms with E-state index in [-0.39, 0.29) is 0 Å². The summed E-state index contributed by atoms with van der Waals surface area (Å²) in [5.74, 6) is 0.765. The number of amidine groups is 1. The van der Waals surface area contributed by atoms with Gasteiger partial charge >= 0.3 is 0 Å². The first-order valence-electron chi connectivity index (χ1n) is 6.88. The van der Waals surface area contributed by atoms with Crippen molar-refractivity contribution in [3.05, 3.63) is 82.3 Å². The second-order valence-corrected chi connectivity index (χ2v) is 5.72. The van der Waals surface area contributed by atoms with Crippen LogP contribution in [0.25, 0.3) is 0 Å². The lowest BCUT2D eigenvalue weighted by Gasteiger charge is -2.06. The fourth-order valence-electron chi connectivity index (χ4n) is 2.33. The van der Waals surface area contributed by atoms with Crippen LogP contribution in [-0.4, -0.2) is 16.5 Å². The number of thiophene rings is 1. The van der Waals surface area contributed by atoms with Crippen molar-refractivity contribution >= 4 is 28.6 Å². The predicted octanol–water partition coefficient (Wildman–Crippen LogP) is 3.58. The summed E-state index contributed by atoms with van der Waals surface area (Å²) in [7, 11) is 0. The molecule has 1 aliphatic rings. The van der Waals surface area contributed by atoms with Crippen molar-refractivity contribution in [2.75, 3.05) is 0 Å². The van der Waals surface area contributed by atoms with Gasteiger partial charge in [-0.05, 0) is 29.6 Å². The van der Waals surface area contributed by atoms with Crippen LogP contribution in [-0.2, 0) is 0 Å². The molecule has 22 heavy (non-hydrogen) atoms. The van der Waals surface area contributed by atoms with E-state index in [1.165, 1.54) is 0 Å². The Morgan fingerprint density at radius 2 is 1.91 bits per heavy atom. The third-order valence-corrected chi connectivity index (χ3v) is 4.23. The van der Waals surface area contributed by atoms with Crippen LogP contribution < -0.4 is 5.43 Å². The molecule has 4 rings (SSSR count). The molecular weight excluding hydrogens is 292 g/mol. The number of aromatic nitrogens is 1. The highest BCUT2D eigenvalue weighted by Crippen LogP contribution is 2.25. The maximum absolute atomic E-state index is 4.74. The fraction of sp³-hybridized carbons (Fsp3) is 0. The summed E-state index contributed by atoms with van der Waals surface area (Å²) >= 11 is 1.64. The summed E-state index contributed by atoms with van der Waals surface area (Å²) in [4.78, 5) is 9.99. The number of pyridine rings is 1. The molecule has 0 amide bonds. The molecule has 0 radical (unpaired) electrons. The maximum Gasteiger partial charge on any atom is 0.164 e. The van der Waals surface area contributed by atoms with Crippen molar-refractivity contribution in [2.45, 2.75) is 0 Å². The SMILES string of the molecule is c1cncc(C2=NNC(c3cccs3)=Nc3ccccc32)c1. The van der Waals surface area contributed by atoms with Gasteiger partial charge in [0.15, 0.2) is 5.84 Å². The number of para-hydroxylation sites is 1. The summed E-state index contributed by atoms with van der Waals surface area (Å²) in [6.07, 6.45) is 3.57. The molecule has 0 aliphatic carbocycles. The first kappa shape index (κ1) is 12.9. The molecule has 0 saturated heterocycles. The van der Waals surface area contributed by atoms with Gasteiger partial charge in [0.1, 0.15) is 5.71 Å². The van der Waals surface area contributed by atoms with E-state index < -0.39 is 0 Å². The lowest BCUT2D eigenvalue weighted by Crippen LogP contribution is -2.18. The Balaban J connectivity index is 1.88. The third kappa shape index (κ3) is 2.31. The molecule has 1 N–H and O–H groups in total. The maximum atomic E-state index is 4.74. The second-order valence-electron chi connectivity index (χ2n) is 4.77. The second kappa shape index (κ2) is 5.54. The fourth-order valence-corrected chi connectivity index (χ4v) is 3.00. The Morgan fingerprint density at radius 1 is 0.955 bits per heavy atom. The minimum absolute atomic E-state index is 0.765. The molecule has 0 fully saturated rings. The number of nitrogens with one attached hydrogen (secondary N) is 1.